The molecule has 102 valence electrons. The number of methoxy groups -OCH3 is 1. The Morgan fingerprint density at radius 2 is 2.42 bits per heavy atom. The van der Waals surface area contributed by atoms with E-state index in [0.29, 0.717) is 18.0 Å². The van der Waals surface area contributed by atoms with Crippen molar-refractivity contribution < 1.29 is 14.1 Å². The third-order valence-electron chi connectivity index (χ3n) is 2.66. The summed E-state index contributed by atoms with van der Waals surface area (Å²) in [5.74, 6) is 1.03. The molecule has 0 atom stereocenters. The van der Waals surface area contributed by atoms with Crippen LogP contribution in [0.5, 0.6) is 5.75 Å². The van der Waals surface area contributed by atoms with Gasteiger partial charge in [0.1, 0.15) is 17.3 Å². The largest absolute Gasteiger partial charge is 0.496 e. The molecule has 19 heavy (non-hydrogen) atoms. The first-order valence-corrected chi connectivity index (χ1v) is 6.96. The maximum atomic E-state index is 12.0. The molecule has 0 aromatic carbocycles. The van der Waals surface area contributed by atoms with Crippen molar-refractivity contribution in [3.63, 3.8) is 0 Å². The van der Waals surface area contributed by atoms with Gasteiger partial charge in [-0.2, -0.15) is 0 Å². The Kier molecular flexibility index (Phi) is 4.44. The van der Waals surface area contributed by atoms with Gasteiger partial charge in [0.05, 0.1) is 24.7 Å². The second-order valence-corrected chi connectivity index (χ2v) is 5.06. The maximum Gasteiger partial charge on any atom is 0.242 e. The molecule has 0 N–H and O–H groups in total. The molecule has 0 aliphatic rings. The highest BCUT2D eigenvalue weighted by Crippen LogP contribution is 2.29. The molecule has 2 aromatic rings. The summed E-state index contributed by atoms with van der Waals surface area (Å²) in [6.07, 6.45) is 1.51. The van der Waals surface area contributed by atoms with Crippen molar-refractivity contribution in [3.8, 4) is 5.75 Å². The fourth-order valence-corrected chi connectivity index (χ4v) is 2.67. The highest BCUT2D eigenvalue weighted by Gasteiger charge is 2.21. The van der Waals surface area contributed by atoms with E-state index in [9.17, 15) is 4.79 Å². The molecule has 0 radical (unpaired) electrons. The number of nitrogens with zero attached hydrogens (tertiary/aromatic N) is 2. The van der Waals surface area contributed by atoms with Crippen LogP contribution in [0, 0.1) is 6.92 Å². The van der Waals surface area contributed by atoms with Gasteiger partial charge >= 0.3 is 0 Å². The molecule has 0 unspecified atom stereocenters. The van der Waals surface area contributed by atoms with Crippen molar-refractivity contribution in [2.24, 2.45) is 0 Å². The minimum Gasteiger partial charge on any atom is -0.496 e. The molecular formula is C12H13ClN2O3S. The average Bonchev–Trinajstić information content (AvgIpc) is 3.03. The topological polar surface area (TPSA) is 55.6 Å². The minimum absolute atomic E-state index is 0.0989. The average molecular weight is 301 g/mol. The van der Waals surface area contributed by atoms with Gasteiger partial charge in [-0.1, -0.05) is 5.16 Å². The summed E-state index contributed by atoms with van der Waals surface area (Å²) in [5, 5.41) is 5.61. The SMILES string of the molecule is COc1ccsc1CN(C(=O)CCl)c1cnoc1C. The number of ether oxygens (including phenoxy) is 1. The van der Waals surface area contributed by atoms with Crippen LogP contribution >= 0.6 is 22.9 Å². The van der Waals surface area contributed by atoms with Crippen molar-refractivity contribution >= 4 is 34.5 Å². The minimum atomic E-state index is -0.205. The number of carbonyl (C=O) groups is 1. The molecule has 2 aromatic heterocycles. The van der Waals surface area contributed by atoms with Crippen molar-refractivity contribution in [2.75, 3.05) is 17.9 Å². The molecule has 7 heteroatoms. The lowest BCUT2D eigenvalue weighted by Gasteiger charge is -2.20. The van der Waals surface area contributed by atoms with Gasteiger partial charge in [-0.25, -0.2) is 0 Å². The number of rotatable bonds is 5. The van der Waals surface area contributed by atoms with E-state index in [0.717, 1.165) is 10.6 Å². The Morgan fingerprint density at radius 3 is 3.00 bits per heavy atom. The molecule has 0 fully saturated rings. The fourth-order valence-electron chi connectivity index (χ4n) is 1.70. The van der Waals surface area contributed by atoms with E-state index in [1.54, 1.807) is 18.9 Å². The lowest BCUT2D eigenvalue weighted by Crippen LogP contribution is -2.31. The first kappa shape index (κ1) is 13.9. The van der Waals surface area contributed by atoms with Gasteiger partial charge < -0.3 is 14.2 Å². The Morgan fingerprint density at radius 1 is 1.63 bits per heavy atom. The lowest BCUT2D eigenvalue weighted by molar-refractivity contribution is -0.116. The Bertz CT molecular complexity index is 567. The number of hydrogen-bond acceptors (Lipinski definition) is 5. The van der Waals surface area contributed by atoms with E-state index in [1.807, 2.05) is 11.4 Å². The highest BCUT2D eigenvalue weighted by molar-refractivity contribution is 7.10. The molecule has 0 bridgehead atoms. The summed E-state index contributed by atoms with van der Waals surface area (Å²) < 4.78 is 10.2. The lowest BCUT2D eigenvalue weighted by atomic mass is 10.3. The molecule has 2 heterocycles. The number of thiophene rings is 1. The fraction of sp³-hybridized carbons (Fsp3) is 0.333. The summed E-state index contributed by atoms with van der Waals surface area (Å²) in [5.41, 5.74) is 0.626. The summed E-state index contributed by atoms with van der Waals surface area (Å²) >= 11 is 7.18. The Hall–Kier alpha value is -1.53. The number of hydrogen-bond donors (Lipinski definition) is 0. The number of aromatic nitrogens is 1. The number of halogens is 1. The van der Waals surface area contributed by atoms with E-state index in [4.69, 9.17) is 20.9 Å². The molecular weight excluding hydrogens is 288 g/mol. The van der Waals surface area contributed by atoms with Gasteiger partial charge in [-0.3, -0.25) is 4.79 Å². The zero-order valence-corrected chi connectivity index (χ0v) is 12.1. The summed E-state index contributed by atoms with van der Waals surface area (Å²) in [4.78, 5) is 14.5. The maximum absolute atomic E-state index is 12.0. The number of amides is 1. The third-order valence-corrected chi connectivity index (χ3v) is 3.77. The number of alkyl halides is 1. The van der Waals surface area contributed by atoms with Crippen LogP contribution in [0.25, 0.3) is 0 Å². The first-order chi connectivity index (χ1) is 9.17. The van der Waals surface area contributed by atoms with E-state index >= 15 is 0 Å². The molecule has 2 rings (SSSR count). The zero-order valence-electron chi connectivity index (χ0n) is 10.6. The second-order valence-electron chi connectivity index (χ2n) is 3.79. The second kappa shape index (κ2) is 6.08. The normalized spacial score (nSPS) is 10.5. The monoisotopic (exact) mass is 300 g/mol. The van der Waals surface area contributed by atoms with Crippen molar-refractivity contribution in [2.45, 2.75) is 13.5 Å². The highest BCUT2D eigenvalue weighted by atomic mass is 35.5. The predicted octanol–water partition coefficient (Wildman–Crippen LogP) is 2.83. The van der Waals surface area contributed by atoms with Crippen LogP contribution in [0.1, 0.15) is 10.6 Å². The van der Waals surface area contributed by atoms with Gasteiger partial charge in [-0.15, -0.1) is 22.9 Å². The van der Waals surface area contributed by atoms with Crippen molar-refractivity contribution in [1.82, 2.24) is 5.16 Å². The number of carbonyl (C=O) groups excluding carboxylic acids is 1. The standard InChI is InChI=1S/C12H13ClN2O3S/c1-8-9(6-14-18-8)15(12(16)5-13)7-11-10(17-2)3-4-19-11/h3-4,6H,5,7H2,1-2H3. The summed E-state index contributed by atoms with van der Waals surface area (Å²) in [6.45, 7) is 2.14. The smallest absolute Gasteiger partial charge is 0.242 e. The molecule has 0 saturated carbocycles. The molecule has 0 spiro atoms. The van der Waals surface area contributed by atoms with Crippen LogP contribution < -0.4 is 9.64 Å². The summed E-state index contributed by atoms with van der Waals surface area (Å²) in [7, 11) is 1.60. The quantitative estimate of drug-likeness (QED) is 0.797. The van der Waals surface area contributed by atoms with E-state index < -0.39 is 0 Å². The number of anilines is 1. The number of aryl methyl sites for hydroxylation is 1. The van der Waals surface area contributed by atoms with Gasteiger partial charge in [0.25, 0.3) is 0 Å². The summed E-state index contributed by atoms with van der Waals surface area (Å²) in [6, 6.07) is 1.86. The van der Waals surface area contributed by atoms with E-state index in [1.165, 1.54) is 17.5 Å². The van der Waals surface area contributed by atoms with Crippen molar-refractivity contribution in [3.05, 3.63) is 28.3 Å². The molecule has 1 amide bonds. The third kappa shape index (κ3) is 2.90. The molecule has 0 aliphatic carbocycles. The Labute approximate surface area is 119 Å². The van der Waals surface area contributed by atoms with Gasteiger partial charge in [0.2, 0.25) is 5.91 Å². The van der Waals surface area contributed by atoms with Gasteiger partial charge in [-0.05, 0) is 18.4 Å². The van der Waals surface area contributed by atoms with E-state index in [-0.39, 0.29) is 11.8 Å². The van der Waals surface area contributed by atoms with Crippen molar-refractivity contribution in [1.29, 1.82) is 0 Å². The first-order valence-electron chi connectivity index (χ1n) is 5.55. The van der Waals surface area contributed by atoms with Gasteiger partial charge in [0.15, 0.2) is 5.76 Å². The van der Waals surface area contributed by atoms with Gasteiger partial charge in [0, 0.05) is 0 Å². The van der Waals surface area contributed by atoms with Crippen LogP contribution in [-0.2, 0) is 11.3 Å². The van der Waals surface area contributed by atoms with Crippen LogP contribution in [0.3, 0.4) is 0 Å². The zero-order chi connectivity index (χ0) is 13.8. The van der Waals surface area contributed by atoms with Crippen LogP contribution in [0.2, 0.25) is 0 Å². The van der Waals surface area contributed by atoms with E-state index in [2.05, 4.69) is 5.16 Å². The Balaban J connectivity index is 2.30. The molecule has 0 saturated heterocycles. The molecule has 5 nitrogen and oxygen atoms in total. The molecule has 0 aliphatic heterocycles. The predicted molar refractivity (Wildman–Crippen MR) is 74.0 cm³/mol. The van der Waals surface area contributed by atoms with Crippen LogP contribution in [0.4, 0.5) is 5.69 Å². The van der Waals surface area contributed by atoms with Crippen LogP contribution in [-0.4, -0.2) is 24.1 Å². The van der Waals surface area contributed by atoms with Crippen LogP contribution in [0.15, 0.2) is 22.2 Å².